The molecule has 0 atom stereocenters. The summed E-state index contributed by atoms with van der Waals surface area (Å²) in [5.41, 5.74) is 1.86. The molecule has 2 aromatic rings. The highest BCUT2D eigenvalue weighted by molar-refractivity contribution is 6.06. The summed E-state index contributed by atoms with van der Waals surface area (Å²) in [6.45, 7) is 4.29. The van der Waals surface area contributed by atoms with Gasteiger partial charge in [-0.15, -0.1) is 0 Å². The molecule has 0 unspecified atom stereocenters. The van der Waals surface area contributed by atoms with Gasteiger partial charge in [0.25, 0.3) is 5.91 Å². The first-order valence-electron chi connectivity index (χ1n) is 6.79. The first-order valence-corrected chi connectivity index (χ1v) is 6.79. The first-order chi connectivity index (χ1) is 10.1. The summed E-state index contributed by atoms with van der Waals surface area (Å²) in [7, 11) is 1.57. The molecule has 2 rings (SSSR count). The van der Waals surface area contributed by atoms with Gasteiger partial charge in [-0.3, -0.25) is 4.79 Å². The van der Waals surface area contributed by atoms with Crippen LogP contribution >= 0.6 is 0 Å². The van der Waals surface area contributed by atoms with Gasteiger partial charge in [-0.05, 0) is 32.0 Å². The number of aryl methyl sites for hydroxylation is 1. The average Bonchev–Trinajstić information content (AvgIpc) is 2.50. The summed E-state index contributed by atoms with van der Waals surface area (Å²) >= 11 is 0. The molecule has 1 aromatic heterocycles. The molecule has 4 nitrogen and oxygen atoms in total. The van der Waals surface area contributed by atoms with Gasteiger partial charge in [0.05, 0.1) is 5.56 Å². The van der Waals surface area contributed by atoms with Crippen LogP contribution in [0.2, 0.25) is 0 Å². The van der Waals surface area contributed by atoms with Crippen LogP contribution in [0.3, 0.4) is 0 Å². The maximum atomic E-state index is 14.2. The van der Waals surface area contributed by atoms with Crippen LogP contribution in [0.1, 0.15) is 22.8 Å². The molecule has 0 saturated heterocycles. The number of amides is 1. The fraction of sp³-hybridized carbons (Fsp3) is 0.250. The Morgan fingerprint density at radius 2 is 1.95 bits per heavy atom. The zero-order valence-corrected chi connectivity index (χ0v) is 12.4. The minimum atomic E-state index is -0.629. The van der Waals surface area contributed by atoms with Crippen molar-refractivity contribution in [3.63, 3.8) is 0 Å². The SMILES string of the molecule is CCN(C(=O)c1ccnc(NC)c1F)c1ccc(C)cc1. The van der Waals surface area contributed by atoms with Gasteiger partial charge < -0.3 is 10.2 Å². The molecule has 1 heterocycles. The van der Waals surface area contributed by atoms with Gasteiger partial charge in [-0.2, -0.15) is 0 Å². The molecule has 1 aromatic carbocycles. The molecule has 0 aliphatic carbocycles. The molecule has 0 fully saturated rings. The predicted octanol–water partition coefficient (Wildman–Crippen LogP) is 3.24. The Labute approximate surface area is 123 Å². The molecule has 1 N–H and O–H groups in total. The highest BCUT2D eigenvalue weighted by atomic mass is 19.1. The molecule has 0 aliphatic heterocycles. The van der Waals surface area contributed by atoms with Crippen LogP contribution in [0.5, 0.6) is 0 Å². The number of pyridine rings is 1. The molecule has 0 spiro atoms. The Balaban J connectivity index is 2.39. The van der Waals surface area contributed by atoms with Gasteiger partial charge in [-0.1, -0.05) is 17.7 Å². The molecule has 110 valence electrons. The molecule has 0 bridgehead atoms. The predicted molar refractivity (Wildman–Crippen MR) is 82.3 cm³/mol. The standard InChI is InChI=1S/C16H18FN3O/c1-4-20(12-7-5-11(2)6-8-12)16(21)13-9-10-19-15(18-3)14(13)17/h5-10H,4H2,1-3H3,(H,18,19). The second-order valence-corrected chi connectivity index (χ2v) is 4.66. The third-order valence-electron chi connectivity index (χ3n) is 3.26. The van der Waals surface area contributed by atoms with Gasteiger partial charge in [0, 0.05) is 25.5 Å². The number of nitrogens with one attached hydrogen (secondary N) is 1. The van der Waals surface area contributed by atoms with Gasteiger partial charge in [0.2, 0.25) is 0 Å². The number of hydrogen-bond donors (Lipinski definition) is 1. The number of anilines is 2. The van der Waals surface area contributed by atoms with Crippen LogP contribution in [0.25, 0.3) is 0 Å². The fourth-order valence-electron chi connectivity index (χ4n) is 2.10. The van der Waals surface area contributed by atoms with E-state index in [0.717, 1.165) is 11.3 Å². The lowest BCUT2D eigenvalue weighted by Gasteiger charge is -2.21. The minimum Gasteiger partial charge on any atom is -0.371 e. The smallest absolute Gasteiger partial charge is 0.261 e. The lowest BCUT2D eigenvalue weighted by atomic mass is 10.1. The van der Waals surface area contributed by atoms with Crippen molar-refractivity contribution in [1.29, 1.82) is 0 Å². The largest absolute Gasteiger partial charge is 0.371 e. The number of halogens is 1. The Bertz CT molecular complexity index is 640. The molecule has 0 radical (unpaired) electrons. The van der Waals surface area contributed by atoms with Crippen LogP contribution in [0.15, 0.2) is 36.5 Å². The third kappa shape index (κ3) is 3.02. The highest BCUT2D eigenvalue weighted by Crippen LogP contribution is 2.21. The maximum absolute atomic E-state index is 14.2. The fourth-order valence-corrected chi connectivity index (χ4v) is 2.10. The summed E-state index contributed by atoms with van der Waals surface area (Å²) in [5, 5.41) is 2.64. The Kier molecular flexibility index (Phi) is 4.52. The Morgan fingerprint density at radius 3 is 2.52 bits per heavy atom. The third-order valence-corrected chi connectivity index (χ3v) is 3.26. The quantitative estimate of drug-likeness (QED) is 0.939. The number of benzene rings is 1. The van der Waals surface area contributed by atoms with E-state index in [9.17, 15) is 9.18 Å². The molecule has 0 saturated carbocycles. The van der Waals surface area contributed by atoms with E-state index in [1.807, 2.05) is 38.1 Å². The second-order valence-electron chi connectivity index (χ2n) is 4.66. The molecule has 0 aliphatic rings. The van der Waals surface area contributed by atoms with Crippen LogP contribution in [0.4, 0.5) is 15.9 Å². The zero-order chi connectivity index (χ0) is 15.4. The second kappa shape index (κ2) is 6.35. The lowest BCUT2D eigenvalue weighted by Crippen LogP contribution is -2.31. The first kappa shape index (κ1) is 15.0. The van der Waals surface area contributed by atoms with Gasteiger partial charge >= 0.3 is 0 Å². The topological polar surface area (TPSA) is 45.2 Å². The number of hydrogen-bond acceptors (Lipinski definition) is 3. The number of carbonyl (C=O) groups excluding carboxylic acids is 1. The van der Waals surface area contributed by atoms with Crippen LogP contribution in [0, 0.1) is 12.7 Å². The summed E-state index contributed by atoms with van der Waals surface area (Å²) in [6, 6.07) is 8.96. The van der Waals surface area contributed by atoms with Crippen molar-refractivity contribution in [2.75, 3.05) is 23.8 Å². The molecular formula is C16H18FN3O. The highest BCUT2D eigenvalue weighted by Gasteiger charge is 2.21. The van der Waals surface area contributed by atoms with Crippen molar-refractivity contribution in [3.05, 3.63) is 53.5 Å². The number of nitrogens with zero attached hydrogens (tertiary/aromatic N) is 2. The van der Waals surface area contributed by atoms with Crippen LogP contribution in [-0.4, -0.2) is 24.5 Å². The van der Waals surface area contributed by atoms with E-state index in [1.165, 1.54) is 17.2 Å². The molecular weight excluding hydrogens is 269 g/mol. The minimum absolute atomic E-state index is 0.0109. The summed E-state index contributed by atoms with van der Waals surface area (Å²) < 4.78 is 14.2. The number of rotatable bonds is 4. The van der Waals surface area contributed by atoms with E-state index in [0.29, 0.717) is 6.54 Å². The number of carbonyl (C=O) groups is 1. The maximum Gasteiger partial charge on any atom is 0.261 e. The van der Waals surface area contributed by atoms with Gasteiger partial charge in [0.15, 0.2) is 11.6 Å². The summed E-state index contributed by atoms with van der Waals surface area (Å²) in [6.07, 6.45) is 1.42. The van der Waals surface area contributed by atoms with Crippen molar-refractivity contribution < 1.29 is 9.18 Å². The Hall–Kier alpha value is -2.43. The van der Waals surface area contributed by atoms with E-state index >= 15 is 0 Å². The van der Waals surface area contributed by atoms with Crippen molar-refractivity contribution in [2.24, 2.45) is 0 Å². The van der Waals surface area contributed by atoms with Crippen molar-refractivity contribution in [1.82, 2.24) is 4.98 Å². The van der Waals surface area contributed by atoms with Crippen LogP contribution < -0.4 is 10.2 Å². The van der Waals surface area contributed by atoms with E-state index in [1.54, 1.807) is 7.05 Å². The van der Waals surface area contributed by atoms with E-state index in [4.69, 9.17) is 0 Å². The summed E-state index contributed by atoms with van der Waals surface area (Å²) in [4.78, 5) is 18.0. The van der Waals surface area contributed by atoms with Crippen molar-refractivity contribution in [3.8, 4) is 0 Å². The summed E-state index contributed by atoms with van der Waals surface area (Å²) in [5.74, 6) is -0.936. The average molecular weight is 287 g/mol. The molecule has 1 amide bonds. The van der Waals surface area contributed by atoms with Gasteiger partial charge in [0.1, 0.15) is 0 Å². The monoisotopic (exact) mass is 287 g/mol. The van der Waals surface area contributed by atoms with E-state index < -0.39 is 5.82 Å². The van der Waals surface area contributed by atoms with Gasteiger partial charge in [-0.25, -0.2) is 9.37 Å². The van der Waals surface area contributed by atoms with Crippen molar-refractivity contribution >= 4 is 17.4 Å². The van der Waals surface area contributed by atoms with Crippen molar-refractivity contribution in [2.45, 2.75) is 13.8 Å². The normalized spacial score (nSPS) is 10.3. The number of aromatic nitrogens is 1. The lowest BCUT2D eigenvalue weighted by molar-refractivity contribution is 0.0984. The van der Waals surface area contributed by atoms with E-state index in [-0.39, 0.29) is 17.3 Å². The van der Waals surface area contributed by atoms with Crippen LogP contribution in [-0.2, 0) is 0 Å². The zero-order valence-electron chi connectivity index (χ0n) is 12.4. The molecule has 21 heavy (non-hydrogen) atoms. The molecule has 5 heteroatoms. The van der Waals surface area contributed by atoms with E-state index in [2.05, 4.69) is 10.3 Å². The Morgan fingerprint density at radius 1 is 1.29 bits per heavy atom.